The van der Waals surface area contributed by atoms with Crippen LogP contribution in [0.15, 0.2) is 35.3 Å². The van der Waals surface area contributed by atoms with Crippen molar-refractivity contribution in [1.29, 1.82) is 0 Å². The van der Waals surface area contributed by atoms with Crippen LogP contribution in [0, 0.1) is 6.92 Å². The van der Waals surface area contributed by atoms with Crippen molar-refractivity contribution in [2.75, 3.05) is 18.8 Å². The van der Waals surface area contributed by atoms with Crippen LogP contribution in [0.4, 0.5) is 0 Å². The summed E-state index contributed by atoms with van der Waals surface area (Å²) in [6.45, 7) is 6.72. The number of hydrogen-bond acceptors (Lipinski definition) is 4. The van der Waals surface area contributed by atoms with Gasteiger partial charge in [-0.05, 0) is 32.4 Å². The first-order chi connectivity index (χ1) is 12.3. The summed E-state index contributed by atoms with van der Waals surface area (Å²) in [5.41, 5.74) is 2.25. The Kier molecular flexibility index (Phi) is 9.21. The number of benzene rings is 1. The molecule has 3 rings (SSSR count). The second-order valence-electron chi connectivity index (χ2n) is 6.10. The predicted molar refractivity (Wildman–Crippen MR) is 126 cm³/mol. The molecule has 7 heteroatoms. The zero-order valence-corrected chi connectivity index (χ0v) is 19.3. The second kappa shape index (κ2) is 11.1. The van der Waals surface area contributed by atoms with Crippen LogP contribution in [0.2, 0.25) is 0 Å². The van der Waals surface area contributed by atoms with E-state index in [1.165, 1.54) is 29.0 Å². The van der Waals surface area contributed by atoms with E-state index in [1.54, 1.807) is 11.3 Å². The number of thioether (sulfide) groups is 1. The first-order valence-electron chi connectivity index (χ1n) is 8.91. The monoisotopic (exact) mass is 502 g/mol. The zero-order chi connectivity index (χ0) is 17.5. The zero-order valence-electron chi connectivity index (χ0n) is 15.3. The molecule has 1 atom stereocenters. The average Bonchev–Trinajstić information content (AvgIpc) is 3.28. The van der Waals surface area contributed by atoms with Gasteiger partial charge in [-0.15, -0.1) is 35.3 Å². The lowest BCUT2D eigenvalue weighted by Gasteiger charge is -2.14. The molecule has 142 valence electrons. The normalized spacial score (nSPS) is 17.0. The molecule has 1 unspecified atom stereocenters. The number of aryl methyl sites for hydroxylation is 1. The van der Waals surface area contributed by atoms with Crippen molar-refractivity contribution >= 4 is 53.0 Å². The molecule has 0 saturated carbocycles. The highest BCUT2D eigenvalue weighted by molar-refractivity contribution is 14.0. The minimum absolute atomic E-state index is 0. The first kappa shape index (κ1) is 21.5. The number of nitrogens with zero attached hydrogens (tertiary/aromatic N) is 2. The fraction of sp³-hybridized carbons (Fsp3) is 0.474. The third kappa shape index (κ3) is 6.13. The maximum atomic E-state index is 4.77. The summed E-state index contributed by atoms with van der Waals surface area (Å²) in [6.07, 6.45) is 2.65. The van der Waals surface area contributed by atoms with Gasteiger partial charge in [0.2, 0.25) is 0 Å². The highest BCUT2D eigenvalue weighted by Gasteiger charge is 2.15. The van der Waals surface area contributed by atoms with Crippen molar-refractivity contribution in [3.05, 3.63) is 40.9 Å². The minimum Gasteiger partial charge on any atom is -0.357 e. The van der Waals surface area contributed by atoms with Gasteiger partial charge in [-0.2, -0.15) is 11.8 Å². The van der Waals surface area contributed by atoms with E-state index in [1.807, 2.05) is 6.07 Å². The van der Waals surface area contributed by atoms with E-state index in [0.717, 1.165) is 35.0 Å². The largest absolute Gasteiger partial charge is 0.357 e. The van der Waals surface area contributed by atoms with E-state index < -0.39 is 0 Å². The first-order valence-corrected chi connectivity index (χ1v) is 10.8. The lowest BCUT2D eigenvalue weighted by molar-refractivity contribution is 0.727. The van der Waals surface area contributed by atoms with Gasteiger partial charge in [0, 0.05) is 28.8 Å². The van der Waals surface area contributed by atoms with Crippen molar-refractivity contribution in [2.45, 2.75) is 38.5 Å². The quantitative estimate of drug-likeness (QED) is 0.342. The molecular weight excluding hydrogens is 475 g/mol. The molecule has 4 nitrogen and oxygen atoms in total. The van der Waals surface area contributed by atoms with Gasteiger partial charge in [0.15, 0.2) is 5.96 Å². The molecule has 1 aromatic carbocycles. The number of nitrogens with one attached hydrogen (secondary N) is 2. The number of rotatable bonds is 6. The number of aromatic nitrogens is 1. The maximum absolute atomic E-state index is 4.77. The van der Waals surface area contributed by atoms with Crippen LogP contribution in [-0.2, 0) is 6.54 Å². The molecule has 2 heterocycles. The molecule has 2 aromatic rings. The van der Waals surface area contributed by atoms with Gasteiger partial charge >= 0.3 is 0 Å². The molecule has 1 saturated heterocycles. The molecule has 1 fully saturated rings. The lowest BCUT2D eigenvalue weighted by atomic mass is 10.2. The summed E-state index contributed by atoms with van der Waals surface area (Å²) in [6, 6.07) is 10.4. The van der Waals surface area contributed by atoms with Gasteiger partial charge in [0.25, 0.3) is 0 Å². The van der Waals surface area contributed by atoms with Gasteiger partial charge in [-0.3, -0.25) is 0 Å². The van der Waals surface area contributed by atoms with Crippen LogP contribution in [0.5, 0.6) is 0 Å². The lowest BCUT2D eigenvalue weighted by Crippen LogP contribution is -2.40. The van der Waals surface area contributed by atoms with Crippen molar-refractivity contribution in [2.24, 2.45) is 4.99 Å². The standard InChI is InChI=1S/C19H26N4S2.HI/c1-3-20-19(21-12-16-10-7-11-24-16)22-13-17-14(2)23-18(25-17)15-8-5-4-6-9-15;/h4-6,8-9,16H,3,7,10-13H2,1-2H3,(H2,20,21,22);1H. The number of aliphatic imine (C=N–C) groups is 1. The Bertz CT molecular complexity index is 697. The Morgan fingerprint density at radius 3 is 2.77 bits per heavy atom. The van der Waals surface area contributed by atoms with E-state index in [4.69, 9.17) is 9.98 Å². The molecule has 26 heavy (non-hydrogen) atoms. The van der Waals surface area contributed by atoms with Crippen LogP contribution in [0.3, 0.4) is 0 Å². The van der Waals surface area contributed by atoms with Crippen molar-refractivity contribution < 1.29 is 0 Å². The highest BCUT2D eigenvalue weighted by atomic mass is 127. The predicted octanol–water partition coefficient (Wildman–Crippen LogP) is 4.69. The van der Waals surface area contributed by atoms with Crippen molar-refractivity contribution in [3.8, 4) is 10.6 Å². The topological polar surface area (TPSA) is 49.3 Å². The third-order valence-electron chi connectivity index (χ3n) is 4.16. The Morgan fingerprint density at radius 2 is 2.08 bits per heavy atom. The summed E-state index contributed by atoms with van der Waals surface area (Å²) < 4.78 is 0. The molecule has 1 aliphatic rings. The van der Waals surface area contributed by atoms with Gasteiger partial charge in [0.05, 0.1) is 12.2 Å². The summed E-state index contributed by atoms with van der Waals surface area (Å²) >= 11 is 3.81. The number of guanidine groups is 1. The molecule has 1 aliphatic heterocycles. The summed E-state index contributed by atoms with van der Waals surface area (Å²) in [5, 5.41) is 8.64. The molecule has 0 bridgehead atoms. The smallest absolute Gasteiger partial charge is 0.191 e. The minimum atomic E-state index is 0. The van der Waals surface area contributed by atoms with E-state index in [0.29, 0.717) is 6.54 Å². The fourth-order valence-corrected chi connectivity index (χ4v) is 4.98. The second-order valence-corrected chi connectivity index (χ2v) is 8.60. The molecule has 0 aliphatic carbocycles. The fourth-order valence-electron chi connectivity index (χ4n) is 2.79. The van der Waals surface area contributed by atoms with Crippen LogP contribution < -0.4 is 10.6 Å². The average molecular weight is 502 g/mol. The highest BCUT2D eigenvalue weighted by Crippen LogP contribution is 2.28. The summed E-state index contributed by atoms with van der Waals surface area (Å²) in [7, 11) is 0. The van der Waals surface area contributed by atoms with Crippen LogP contribution >= 0.6 is 47.1 Å². The summed E-state index contributed by atoms with van der Waals surface area (Å²) in [4.78, 5) is 10.7. The molecule has 0 radical (unpaired) electrons. The number of halogens is 1. The van der Waals surface area contributed by atoms with Gasteiger partial charge in [0.1, 0.15) is 5.01 Å². The van der Waals surface area contributed by atoms with Gasteiger partial charge in [-0.25, -0.2) is 9.98 Å². The Morgan fingerprint density at radius 1 is 1.27 bits per heavy atom. The van der Waals surface area contributed by atoms with E-state index in [9.17, 15) is 0 Å². The Balaban J connectivity index is 0.00000243. The molecular formula is C19H27IN4S2. The number of thiazole rings is 1. The molecule has 2 N–H and O–H groups in total. The van der Waals surface area contributed by atoms with Crippen molar-refractivity contribution in [1.82, 2.24) is 15.6 Å². The van der Waals surface area contributed by atoms with Crippen molar-refractivity contribution in [3.63, 3.8) is 0 Å². The van der Waals surface area contributed by atoms with Gasteiger partial charge < -0.3 is 10.6 Å². The van der Waals surface area contributed by atoms with Crippen LogP contribution in [-0.4, -0.2) is 35.0 Å². The molecule has 0 amide bonds. The Hall–Kier alpha value is -0.800. The SMILES string of the molecule is CCNC(=NCc1sc(-c2ccccc2)nc1C)NCC1CCCS1.I. The molecule has 0 spiro atoms. The molecule has 1 aromatic heterocycles. The third-order valence-corrected chi connectivity index (χ3v) is 6.75. The van der Waals surface area contributed by atoms with E-state index >= 15 is 0 Å². The number of hydrogen-bond donors (Lipinski definition) is 2. The van der Waals surface area contributed by atoms with Crippen LogP contribution in [0.25, 0.3) is 10.6 Å². The van der Waals surface area contributed by atoms with E-state index in [-0.39, 0.29) is 24.0 Å². The van der Waals surface area contributed by atoms with E-state index in [2.05, 4.69) is 60.5 Å². The Labute approximate surface area is 181 Å². The van der Waals surface area contributed by atoms with Gasteiger partial charge in [-0.1, -0.05) is 30.3 Å². The van der Waals surface area contributed by atoms with Crippen LogP contribution in [0.1, 0.15) is 30.3 Å². The summed E-state index contributed by atoms with van der Waals surface area (Å²) in [5.74, 6) is 2.20. The maximum Gasteiger partial charge on any atom is 0.191 e.